The molecule has 0 aliphatic heterocycles. The summed E-state index contributed by atoms with van der Waals surface area (Å²) in [7, 11) is 1.86. The molecule has 0 saturated carbocycles. The Balaban J connectivity index is 2.17. The minimum absolute atomic E-state index is 0.132. The zero-order chi connectivity index (χ0) is 17.0. The first kappa shape index (κ1) is 17.2. The van der Waals surface area contributed by atoms with Crippen molar-refractivity contribution >= 4 is 23.3 Å². The van der Waals surface area contributed by atoms with Crippen LogP contribution >= 0.6 is 11.6 Å². The van der Waals surface area contributed by atoms with E-state index in [9.17, 15) is 9.90 Å². The second kappa shape index (κ2) is 7.43. The molecule has 124 valence electrons. The second-order valence-corrected chi connectivity index (χ2v) is 5.55. The van der Waals surface area contributed by atoms with Crippen molar-refractivity contribution < 1.29 is 9.90 Å². The lowest BCUT2D eigenvalue weighted by molar-refractivity contribution is 0.185. The number of anilines is 1. The van der Waals surface area contributed by atoms with Gasteiger partial charge in [-0.1, -0.05) is 11.6 Å². The average Bonchev–Trinajstić information content (AvgIpc) is 2.75. The van der Waals surface area contributed by atoms with Gasteiger partial charge in [0.1, 0.15) is 0 Å². The highest BCUT2D eigenvalue weighted by Crippen LogP contribution is 2.19. The van der Waals surface area contributed by atoms with Crippen LogP contribution in [0.15, 0.2) is 18.3 Å². The quantitative estimate of drug-likeness (QED) is 0.818. The SMILES string of the molecule is Cc1nn(C)c(C)c1CN(CCO)C(=O)Nc1cccnc1Cl. The number of hydrogen-bond donors (Lipinski definition) is 2. The molecular formula is C15H20ClN5O2. The predicted molar refractivity (Wildman–Crippen MR) is 88.4 cm³/mol. The van der Waals surface area contributed by atoms with E-state index in [1.807, 2.05) is 20.9 Å². The first-order valence-corrected chi connectivity index (χ1v) is 7.58. The lowest BCUT2D eigenvalue weighted by Crippen LogP contribution is -2.37. The van der Waals surface area contributed by atoms with Gasteiger partial charge < -0.3 is 15.3 Å². The molecule has 0 aliphatic rings. The Kier molecular flexibility index (Phi) is 5.57. The van der Waals surface area contributed by atoms with Gasteiger partial charge in [0.15, 0.2) is 5.15 Å². The van der Waals surface area contributed by atoms with E-state index in [2.05, 4.69) is 15.4 Å². The number of aliphatic hydroxyl groups is 1. The highest BCUT2D eigenvalue weighted by Gasteiger charge is 2.19. The molecule has 8 heteroatoms. The van der Waals surface area contributed by atoms with Gasteiger partial charge >= 0.3 is 6.03 Å². The number of pyridine rings is 1. The van der Waals surface area contributed by atoms with Crippen LogP contribution in [0.2, 0.25) is 5.15 Å². The average molecular weight is 338 g/mol. The van der Waals surface area contributed by atoms with Crippen molar-refractivity contribution in [2.45, 2.75) is 20.4 Å². The van der Waals surface area contributed by atoms with E-state index in [1.54, 1.807) is 23.0 Å². The van der Waals surface area contributed by atoms with Gasteiger partial charge in [-0.15, -0.1) is 0 Å². The number of nitrogens with zero attached hydrogens (tertiary/aromatic N) is 4. The molecule has 2 rings (SSSR count). The predicted octanol–water partition coefficient (Wildman–Crippen LogP) is 2.11. The maximum absolute atomic E-state index is 12.5. The number of urea groups is 1. The Labute approximate surface area is 139 Å². The van der Waals surface area contributed by atoms with Crippen molar-refractivity contribution in [2.75, 3.05) is 18.5 Å². The number of amides is 2. The van der Waals surface area contributed by atoms with Gasteiger partial charge in [-0.2, -0.15) is 5.10 Å². The van der Waals surface area contributed by atoms with E-state index >= 15 is 0 Å². The van der Waals surface area contributed by atoms with Gasteiger partial charge in [-0.05, 0) is 26.0 Å². The summed E-state index contributed by atoms with van der Waals surface area (Å²) in [6.07, 6.45) is 1.55. The molecule has 23 heavy (non-hydrogen) atoms. The van der Waals surface area contributed by atoms with Crippen LogP contribution in [0.5, 0.6) is 0 Å². The number of aromatic nitrogens is 3. The summed E-state index contributed by atoms with van der Waals surface area (Å²) < 4.78 is 1.78. The summed E-state index contributed by atoms with van der Waals surface area (Å²) in [4.78, 5) is 17.9. The molecule has 0 aliphatic carbocycles. The molecule has 2 aromatic heterocycles. The lowest BCUT2D eigenvalue weighted by Gasteiger charge is -2.22. The minimum atomic E-state index is -0.350. The summed E-state index contributed by atoms with van der Waals surface area (Å²) in [6, 6.07) is 3.01. The van der Waals surface area contributed by atoms with Crippen molar-refractivity contribution in [3.05, 3.63) is 40.4 Å². The molecule has 0 unspecified atom stereocenters. The Morgan fingerprint density at radius 1 is 1.48 bits per heavy atom. The summed E-state index contributed by atoms with van der Waals surface area (Å²) in [5, 5.41) is 16.5. The van der Waals surface area contributed by atoms with Crippen LogP contribution in [0, 0.1) is 13.8 Å². The minimum Gasteiger partial charge on any atom is -0.395 e. The maximum atomic E-state index is 12.5. The zero-order valence-electron chi connectivity index (χ0n) is 13.4. The number of aryl methyl sites for hydroxylation is 2. The standard InChI is InChI=1S/C15H20ClN5O2/c1-10-12(11(2)20(3)19-10)9-21(7-8-22)15(23)18-13-5-4-6-17-14(13)16/h4-6,22H,7-9H2,1-3H3,(H,18,23). The molecule has 2 N–H and O–H groups in total. The number of hydrogen-bond acceptors (Lipinski definition) is 4. The molecule has 2 heterocycles. The Morgan fingerprint density at radius 2 is 2.22 bits per heavy atom. The maximum Gasteiger partial charge on any atom is 0.322 e. The monoisotopic (exact) mass is 337 g/mol. The number of aliphatic hydroxyl groups excluding tert-OH is 1. The first-order chi connectivity index (χ1) is 10.9. The summed E-state index contributed by atoms with van der Waals surface area (Å²) in [5.74, 6) is 0. The van der Waals surface area contributed by atoms with Crippen LogP contribution in [-0.2, 0) is 13.6 Å². The van der Waals surface area contributed by atoms with Crippen LogP contribution in [0.4, 0.5) is 10.5 Å². The van der Waals surface area contributed by atoms with Gasteiger partial charge in [-0.3, -0.25) is 4.68 Å². The fourth-order valence-electron chi connectivity index (χ4n) is 2.28. The fourth-order valence-corrected chi connectivity index (χ4v) is 2.45. The molecule has 7 nitrogen and oxygen atoms in total. The van der Waals surface area contributed by atoms with Gasteiger partial charge in [0, 0.05) is 31.0 Å². The molecule has 0 fully saturated rings. The Bertz CT molecular complexity index is 701. The van der Waals surface area contributed by atoms with Crippen LogP contribution in [-0.4, -0.2) is 44.0 Å². The third kappa shape index (κ3) is 4.00. The topological polar surface area (TPSA) is 83.3 Å². The zero-order valence-corrected chi connectivity index (χ0v) is 14.1. The molecule has 0 radical (unpaired) electrons. The number of nitrogens with one attached hydrogen (secondary N) is 1. The second-order valence-electron chi connectivity index (χ2n) is 5.19. The fraction of sp³-hybridized carbons (Fsp3) is 0.400. The third-order valence-corrected chi connectivity index (χ3v) is 3.97. The van der Waals surface area contributed by atoms with E-state index in [0.29, 0.717) is 12.2 Å². The van der Waals surface area contributed by atoms with Crippen molar-refractivity contribution in [3.63, 3.8) is 0 Å². The summed E-state index contributed by atoms with van der Waals surface area (Å²) in [5.41, 5.74) is 3.24. The van der Waals surface area contributed by atoms with Gasteiger partial charge in [0.25, 0.3) is 0 Å². The van der Waals surface area contributed by atoms with Crippen LogP contribution in [0.1, 0.15) is 17.0 Å². The van der Waals surface area contributed by atoms with Crippen molar-refractivity contribution in [1.29, 1.82) is 0 Å². The molecule has 0 atom stereocenters. The number of carbonyl (C=O) groups excluding carboxylic acids is 1. The Hall–Kier alpha value is -2.12. The van der Waals surface area contributed by atoms with Crippen molar-refractivity contribution in [2.24, 2.45) is 7.05 Å². The van der Waals surface area contributed by atoms with Crippen LogP contribution in [0.3, 0.4) is 0 Å². The van der Waals surface area contributed by atoms with E-state index in [1.165, 1.54) is 4.90 Å². The molecule has 0 aromatic carbocycles. The van der Waals surface area contributed by atoms with E-state index in [4.69, 9.17) is 11.6 Å². The highest BCUT2D eigenvalue weighted by atomic mass is 35.5. The van der Waals surface area contributed by atoms with Crippen molar-refractivity contribution in [1.82, 2.24) is 19.7 Å². The van der Waals surface area contributed by atoms with Gasteiger partial charge in [-0.25, -0.2) is 9.78 Å². The molecule has 2 amide bonds. The smallest absolute Gasteiger partial charge is 0.322 e. The molecule has 0 bridgehead atoms. The van der Waals surface area contributed by atoms with E-state index < -0.39 is 0 Å². The van der Waals surface area contributed by atoms with Crippen LogP contribution < -0.4 is 5.32 Å². The molecule has 0 saturated heterocycles. The Morgan fingerprint density at radius 3 is 2.78 bits per heavy atom. The van der Waals surface area contributed by atoms with Crippen molar-refractivity contribution in [3.8, 4) is 0 Å². The molecular weight excluding hydrogens is 318 g/mol. The number of rotatable bonds is 5. The largest absolute Gasteiger partial charge is 0.395 e. The van der Waals surface area contributed by atoms with Crippen LogP contribution in [0.25, 0.3) is 0 Å². The lowest BCUT2D eigenvalue weighted by atomic mass is 10.2. The van der Waals surface area contributed by atoms with Gasteiger partial charge in [0.2, 0.25) is 0 Å². The molecule has 0 spiro atoms. The number of carbonyl (C=O) groups is 1. The summed E-state index contributed by atoms with van der Waals surface area (Å²) >= 11 is 5.96. The third-order valence-electron chi connectivity index (χ3n) is 3.67. The van der Waals surface area contributed by atoms with Gasteiger partial charge in [0.05, 0.1) is 24.5 Å². The van der Waals surface area contributed by atoms with E-state index in [-0.39, 0.29) is 24.3 Å². The first-order valence-electron chi connectivity index (χ1n) is 7.20. The van der Waals surface area contributed by atoms with E-state index in [0.717, 1.165) is 17.0 Å². The number of halogens is 1. The summed E-state index contributed by atoms with van der Waals surface area (Å²) in [6.45, 7) is 4.28. The highest BCUT2D eigenvalue weighted by molar-refractivity contribution is 6.32. The molecule has 2 aromatic rings. The normalized spacial score (nSPS) is 10.7.